The van der Waals surface area contributed by atoms with Crippen molar-refractivity contribution in [1.82, 2.24) is 0 Å². The summed E-state index contributed by atoms with van der Waals surface area (Å²) in [5, 5.41) is 0. The molecule has 1 aromatic carbocycles. The molecule has 2 bridgehead atoms. The Morgan fingerprint density at radius 2 is 1.94 bits per heavy atom. The fraction of sp³-hybridized carbons (Fsp3) is 0.400. The van der Waals surface area contributed by atoms with E-state index in [-0.39, 0.29) is 17.9 Å². The molecule has 0 N–H and O–H groups in total. The van der Waals surface area contributed by atoms with Crippen LogP contribution in [-0.4, -0.2) is 16.8 Å². The maximum absolute atomic E-state index is 12.2. The highest BCUT2D eigenvalue weighted by atomic mass is 32.2. The first-order valence-corrected chi connectivity index (χ1v) is 7.09. The predicted octanol–water partition coefficient (Wildman–Crippen LogP) is 3.28. The molecule has 0 unspecified atom stereocenters. The lowest BCUT2D eigenvalue weighted by atomic mass is 9.87. The second-order valence-electron chi connectivity index (χ2n) is 4.99. The Morgan fingerprint density at radius 3 is 2.67 bits per heavy atom. The second kappa shape index (κ2) is 4.25. The van der Waals surface area contributed by atoms with E-state index in [4.69, 9.17) is 4.74 Å². The lowest BCUT2D eigenvalue weighted by Gasteiger charge is -2.40. The van der Waals surface area contributed by atoms with Crippen molar-refractivity contribution in [3.8, 4) is 0 Å². The minimum absolute atomic E-state index is 0.0248. The van der Waals surface area contributed by atoms with E-state index in [0.29, 0.717) is 5.78 Å². The number of ketones is 1. The first-order chi connectivity index (χ1) is 8.62. The van der Waals surface area contributed by atoms with Gasteiger partial charge in [-0.1, -0.05) is 49.9 Å². The molecular weight excluding hydrogens is 244 g/mol. The molecule has 4 atom stereocenters. The molecule has 0 saturated carbocycles. The number of rotatable bonds is 2. The summed E-state index contributed by atoms with van der Waals surface area (Å²) in [6, 6.07) is 10.1. The van der Waals surface area contributed by atoms with Gasteiger partial charge in [-0.25, -0.2) is 0 Å². The number of hydrogen-bond acceptors (Lipinski definition) is 3. The molecule has 3 rings (SSSR count). The first kappa shape index (κ1) is 12.0. The molecule has 0 radical (unpaired) electrons. The zero-order valence-electron chi connectivity index (χ0n) is 10.5. The average Bonchev–Trinajstić information content (AvgIpc) is 2.79. The lowest BCUT2D eigenvalue weighted by molar-refractivity contribution is -0.146. The van der Waals surface area contributed by atoms with Crippen molar-refractivity contribution in [3.63, 3.8) is 0 Å². The van der Waals surface area contributed by atoms with E-state index >= 15 is 0 Å². The smallest absolute Gasteiger partial charge is 0.147 e. The highest BCUT2D eigenvalue weighted by Crippen LogP contribution is 2.50. The third-order valence-corrected chi connectivity index (χ3v) is 5.24. The van der Waals surface area contributed by atoms with Crippen LogP contribution in [0.3, 0.4) is 0 Å². The Balaban J connectivity index is 1.91. The number of carbonyl (C=O) groups excluding carboxylic acids is 1. The number of thioether (sulfide) groups is 1. The number of carbonyl (C=O) groups is 1. The molecule has 0 spiro atoms. The molecule has 2 aliphatic rings. The van der Waals surface area contributed by atoms with Crippen LogP contribution in [0.15, 0.2) is 47.4 Å². The molecule has 1 fully saturated rings. The first-order valence-electron chi connectivity index (χ1n) is 6.27. The third kappa shape index (κ3) is 1.73. The quantitative estimate of drug-likeness (QED) is 0.763. The van der Waals surface area contributed by atoms with Gasteiger partial charge in [-0.15, -0.1) is 0 Å². The second-order valence-corrected chi connectivity index (χ2v) is 6.30. The number of ether oxygens (including phenoxy) is 1. The van der Waals surface area contributed by atoms with Crippen molar-refractivity contribution in [2.24, 2.45) is 11.8 Å². The number of Topliss-reactive ketones (excluding diaryl/α,β-unsaturated/α-hetero) is 1. The maximum atomic E-state index is 12.2. The van der Waals surface area contributed by atoms with Gasteiger partial charge in [0.05, 0.1) is 12.0 Å². The van der Waals surface area contributed by atoms with Gasteiger partial charge in [-0.2, -0.15) is 0 Å². The van der Waals surface area contributed by atoms with Crippen LogP contribution in [0, 0.1) is 11.8 Å². The van der Waals surface area contributed by atoms with Gasteiger partial charge in [0.25, 0.3) is 0 Å². The van der Waals surface area contributed by atoms with Crippen LogP contribution in [0.2, 0.25) is 0 Å². The molecule has 3 heteroatoms. The van der Waals surface area contributed by atoms with Gasteiger partial charge in [0.15, 0.2) is 0 Å². The molecule has 1 saturated heterocycles. The topological polar surface area (TPSA) is 26.3 Å². The molecular formula is C15H16O2S. The van der Waals surface area contributed by atoms with E-state index < -0.39 is 4.93 Å². The molecule has 18 heavy (non-hydrogen) atoms. The van der Waals surface area contributed by atoms with Crippen molar-refractivity contribution in [3.05, 3.63) is 42.5 Å². The van der Waals surface area contributed by atoms with Crippen molar-refractivity contribution < 1.29 is 9.53 Å². The fourth-order valence-electron chi connectivity index (χ4n) is 2.61. The number of fused-ring (bicyclic) bond motifs is 2. The van der Waals surface area contributed by atoms with Crippen molar-refractivity contribution in [1.29, 1.82) is 0 Å². The van der Waals surface area contributed by atoms with Crippen LogP contribution in [0.25, 0.3) is 0 Å². The van der Waals surface area contributed by atoms with Crippen LogP contribution < -0.4 is 0 Å². The fourth-order valence-corrected chi connectivity index (χ4v) is 3.87. The summed E-state index contributed by atoms with van der Waals surface area (Å²) in [5.41, 5.74) is 0. The van der Waals surface area contributed by atoms with Gasteiger partial charge in [0.1, 0.15) is 10.7 Å². The standard InChI is InChI=1S/C15H16O2S/c1-10-13-8-9-15(17-13,11(2)14(10)16)18-12-6-4-3-5-7-12/h3-11,13H,1-2H3/t10-,11-,13+,15+/m1/s1. The van der Waals surface area contributed by atoms with Crippen molar-refractivity contribution in [2.75, 3.05) is 0 Å². The minimum Gasteiger partial charge on any atom is -0.352 e. The molecule has 2 aliphatic heterocycles. The highest BCUT2D eigenvalue weighted by Gasteiger charge is 2.52. The summed E-state index contributed by atoms with van der Waals surface area (Å²) in [5.74, 6) is 0.177. The van der Waals surface area contributed by atoms with E-state index in [1.165, 1.54) is 0 Å². The summed E-state index contributed by atoms with van der Waals surface area (Å²) in [6.45, 7) is 3.93. The van der Waals surface area contributed by atoms with Crippen LogP contribution >= 0.6 is 11.8 Å². The Morgan fingerprint density at radius 1 is 1.22 bits per heavy atom. The van der Waals surface area contributed by atoms with Gasteiger partial charge >= 0.3 is 0 Å². The van der Waals surface area contributed by atoms with Crippen LogP contribution in [0.5, 0.6) is 0 Å². The minimum atomic E-state index is -0.504. The Bertz CT molecular complexity index is 496. The summed E-state index contributed by atoms with van der Waals surface area (Å²) >= 11 is 1.64. The van der Waals surface area contributed by atoms with Crippen LogP contribution in [0.4, 0.5) is 0 Å². The molecule has 2 heterocycles. The molecule has 0 aliphatic carbocycles. The third-order valence-electron chi connectivity index (χ3n) is 3.83. The zero-order valence-corrected chi connectivity index (χ0v) is 11.3. The van der Waals surface area contributed by atoms with Crippen LogP contribution in [0.1, 0.15) is 13.8 Å². The van der Waals surface area contributed by atoms with Gasteiger partial charge in [0.2, 0.25) is 0 Å². The van der Waals surface area contributed by atoms with E-state index in [0.717, 1.165) is 4.90 Å². The van der Waals surface area contributed by atoms with Gasteiger partial charge in [-0.3, -0.25) is 4.79 Å². The molecule has 0 amide bonds. The predicted molar refractivity (Wildman–Crippen MR) is 72.4 cm³/mol. The van der Waals surface area contributed by atoms with Gasteiger partial charge in [-0.05, 0) is 18.2 Å². The van der Waals surface area contributed by atoms with Gasteiger partial charge < -0.3 is 4.74 Å². The number of hydrogen-bond donors (Lipinski definition) is 0. The Labute approximate surface area is 111 Å². The van der Waals surface area contributed by atoms with E-state index in [9.17, 15) is 4.79 Å². The summed E-state index contributed by atoms with van der Waals surface area (Å²) in [4.78, 5) is 12.9. The molecule has 94 valence electrons. The molecule has 2 nitrogen and oxygen atoms in total. The maximum Gasteiger partial charge on any atom is 0.147 e. The summed E-state index contributed by atoms with van der Waals surface area (Å²) in [6.07, 6.45) is 4.06. The summed E-state index contributed by atoms with van der Waals surface area (Å²) in [7, 11) is 0. The average molecular weight is 260 g/mol. The van der Waals surface area contributed by atoms with Gasteiger partial charge in [0, 0.05) is 10.8 Å². The lowest BCUT2D eigenvalue weighted by Crippen LogP contribution is -2.48. The number of benzene rings is 1. The van der Waals surface area contributed by atoms with E-state index in [1.54, 1.807) is 11.8 Å². The van der Waals surface area contributed by atoms with Crippen molar-refractivity contribution in [2.45, 2.75) is 29.8 Å². The van der Waals surface area contributed by atoms with E-state index in [2.05, 4.69) is 18.2 Å². The van der Waals surface area contributed by atoms with Crippen LogP contribution in [-0.2, 0) is 9.53 Å². The zero-order chi connectivity index (χ0) is 12.8. The monoisotopic (exact) mass is 260 g/mol. The van der Waals surface area contributed by atoms with Crippen molar-refractivity contribution >= 4 is 17.5 Å². The Hall–Kier alpha value is -1.06. The molecule has 1 aromatic rings. The largest absolute Gasteiger partial charge is 0.352 e. The highest BCUT2D eigenvalue weighted by molar-refractivity contribution is 8.00. The normalized spacial score (nSPS) is 38.1. The SMILES string of the molecule is C[C@@H]1C(=O)[C@H](C)[C@@H]2C=C[C@@]1(Sc1ccccc1)O2. The van der Waals surface area contributed by atoms with E-state index in [1.807, 2.05) is 38.1 Å². The summed E-state index contributed by atoms with van der Waals surface area (Å²) < 4.78 is 6.11. The molecule has 0 aromatic heterocycles. The Kier molecular flexibility index (Phi) is 2.83.